The van der Waals surface area contributed by atoms with Crippen molar-refractivity contribution < 1.29 is 14.0 Å². The van der Waals surface area contributed by atoms with Gasteiger partial charge >= 0.3 is 0 Å². The van der Waals surface area contributed by atoms with E-state index in [2.05, 4.69) is 11.4 Å². The summed E-state index contributed by atoms with van der Waals surface area (Å²) in [6, 6.07) is 11.8. The van der Waals surface area contributed by atoms with Crippen LogP contribution in [-0.4, -0.2) is 18.4 Å². The van der Waals surface area contributed by atoms with Crippen molar-refractivity contribution in [2.24, 2.45) is 5.92 Å². The average Bonchev–Trinajstić information content (AvgIpc) is 3.22. The summed E-state index contributed by atoms with van der Waals surface area (Å²) in [5.74, 6) is -0.997. The summed E-state index contributed by atoms with van der Waals surface area (Å²) in [6.07, 6.45) is 3.50. The number of benzene rings is 2. The molecule has 0 radical (unpaired) electrons. The van der Waals surface area contributed by atoms with Gasteiger partial charge in [-0.2, -0.15) is 0 Å². The van der Waals surface area contributed by atoms with Gasteiger partial charge in [-0.15, -0.1) is 0 Å². The Kier molecular flexibility index (Phi) is 3.99. The molecule has 0 aromatic heterocycles. The number of carbonyl (C=O) groups excluding carboxylic acids is 2. The van der Waals surface area contributed by atoms with Crippen molar-refractivity contribution in [3.8, 4) is 0 Å². The minimum Gasteiger partial charge on any atom is -0.326 e. The number of hydrogen-bond donors (Lipinski definition) is 1. The fourth-order valence-electron chi connectivity index (χ4n) is 3.65. The molecular weight excluding hydrogens is 319 g/mol. The Morgan fingerprint density at radius 1 is 1.08 bits per heavy atom. The van der Waals surface area contributed by atoms with Gasteiger partial charge in [0.05, 0.1) is 5.92 Å². The lowest BCUT2D eigenvalue weighted by Gasteiger charge is -2.16. The monoisotopic (exact) mass is 338 g/mol. The fourth-order valence-corrected chi connectivity index (χ4v) is 3.65. The average molecular weight is 338 g/mol. The van der Waals surface area contributed by atoms with E-state index < -0.39 is 5.92 Å². The molecule has 4 nitrogen and oxygen atoms in total. The van der Waals surface area contributed by atoms with Gasteiger partial charge in [0.15, 0.2) is 0 Å². The highest BCUT2D eigenvalue weighted by Gasteiger charge is 2.35. The van der Waals surface area contributed by atoms with Crippen LogP contribution < -0.4 is 10.2 Å². The maximum atomic E-state index is 13.0. The van der Waals surface area contributed by atoms with Crippen molar-refractivity contribution in [2.75, 3.05) is 16.8 Å². The molecule has 0 saturated carbocycles. The number of fused-ring (bicyclic) bond motifs is 1. The Morgan fingerprint density at radius 2 is 1.84 bits per heavy atom. The van der Waals surface area contributed by atoms with Gasteiger partial charge in [-0.1, -0.05) is 6.07 Å². The number of nitrogens with zero attached hydrogens (tertiary/aromatic N) is 1. The van der Waals surface area contributed by atoms with Crippen LogP contribution in [-0.2, 0) is 22.4 Å². The lowest BCUT2D eigenvalue weighted by atomic mass is 10.1. The van der Waals surface area contributed by atoms with Crippen LogP contribution in [0.3, 0.4) is 0 Å². The first-order valence-corrected chi connectivity index (χ1v) is 8.59. The predicted molar refractivity (Wildman–Crippen MR) is 94.0 cm³/mol. The summed E-state index contributed by atoms with van der Waals surface area (Å²) in [5.41, 5.74) is 4.07. The number of nitrogens with one attached hydrogen (secondary N) is 1. The third-order valence-electron chi connectivity index (χ3n) is 5.00. The second-order valence-electron chi connectivity index (χ2n) is 6.71. The summed E-state index contributed by atoms with van der Waals surface area (Å²) in [7, 11) is 0. The molecule has 2 aromatic rings. The first-order valence-electron chi connectivity index (χ1n) is 8.59. The maximum absolute atomic E-state index is 13.0. The molecule has 0 spiro atoms. The number of hydrogen-bond acceptors (Lipinski definition) is 2. The highest BCUT2D eigenvalue weighted by atomic mass is 19.1. The largest absolute Gasteiger partial charge is 0.326 e. The van der Waals surface area contributed by atoms with Crippen LogP contribution in [0, 0.1) is 11.7 Å². The lowest BCUT2D eigenvalue weighted by Crippen LogP contribution is -2.28. The van der Waals surface area contributed by atoms with Crippen molar-refractivity contribution in [1.29, 1.82) is 0 Å². The molecule has 5 heteroatoms. The van der Waals surface area contributed by atoms with Gasteiger partial charge in [0.1, 0.15) is 5.82 Å². The van der Waals surface area contributed by atoms with E-state index in [1.54, 1.807) is 17.0 Å². The Hall–Kier alpha value is -2.69. The highest BCUT2D eigenvalue weighted by molar-refractivity contribution is 6.03. The van der Waals surface area contributed by atoms with Crippen molar-refractivity contribution >= 4 is 23.2 Å². The molecule has 1 saturated heterocycles. The zero-order valence-electron chi connectivity index (χ0n) is 13.8. The van der Waals surface area contributed by atoms with Crippen molar-refractivity contribution in [3.63, 3.8) is 0 Å². The highest BCUT2D eigenvalue weighted by Crippen LogP contribution is 2.28. The van der Waals surface area contributed by atoms with Gasteiger partial charge < -0.3 is 10.2 Å². The zero-order valence-corrected chi connectivity index (χ0v) is 13.8. The van der Waals surface area contributed by atoms with E-state index in [1.807, 2.05) is 12.1 Å². The van der Waals surface area contributed by atoms with Crippen LogP contribution in [0.5, 0.6) is 0 Å². The van der Waals surface area contributed by atoms with E-state index in [1.165, 1.54) is 23.3 Å². The second kappa shape index (κ2) is 6.31. The van der Waals surface area contributed by atoms with E-state index >= 15 is 0 Å². The SMILES string of the molecule is O=C(Nc1ccc2c(c1)CCC2)[C@@H]1CC(=O)N(c2ccc(F)cc2)C1. The van der Waals surface area contributed by atoms with Crippen molar-refractivity contribution in [1.82, 2.24) is 0 Å². The van der Waals surface area contributed by atoms with Crippen LogP contribution >= 0.6 is 0 Å². The summed E-state index contributed by atoms with van der Waals surface area (Å²) in [5, 5.41) is 2.94. The van der Waals surface area contributed by atoms with Crippen LogP contribution in [0.1, 0.15) is 24.0 Å². The number of halogens is 1. The molecule has 1 atom stereocenters. The van der Waals surface area contributed by atoms with Crippen LogP contribution in [0.4, 0.5) is 15.8 Å². The molecule has 2 aromatic carbocycles. The maximum Gasteiger partial charge on any atom is 0.229 e. The first kappa shape index (κ1) is 15.8. The topological polar surface area (TPSA) is 49.4 Å². The number of carbonyl (C=O) groups is 2. The fraction of sp³-hybridized carbons (Fsp3) is 0.300. The minimum atomic E-state index is -0.397. The van der Waals surface area contributed by atoms with E-state index in [0.29, 0.717) is 12.2 Å². The van der Waals surface area contributed by atoms with Gasteiger partial charge in [0.25, 0.3) is 0 Å². The van der Waals surface area contributed by atoms with E-state index in [0.717, 1.165) is 24.9 Å². The van der Waals surface area contributed by atoms with E-state index in [-0.39, 0.29) is 24.1 Å². The third kappa shape index (κ3) is 3.14. The molecule has 1 heterocycles. The molecule has 0 bridgehead atoms. The molecule has 2 aliphatic rings. The standard InChI is InChI=1S/C20H19FN2O2/c21-16-5-8-18(9-6-16)23-12-15(11-19(23)24)20(25)22-17-7-4-13-2-1-3-14(13)10-17/h4-10,15H,1-3,11-12H2,(H,22,25)/t15-/m1/s1. The Balaban J connectivity index is 1.44. The predicted octanol–water partition coefficient (Wildman–Crippen LogP) is 3.31. The Labute approximate surface area is 145 Å². The molecule has 128 valence electrons. The number of anilines is 2. The summed E-state index contributed by atoms with van der Waals surface area (Å²) >= 11 is 0. The summed E-state index contributed by atoms with van der Waals surface area (Å²) in [4.78, 5) is 26.3. The van der Waals surface area contributed by atoms with E-state index in [9.17, 15) is 14.0 Å². The van der Waals surface area contributed by atoms with Crippen LogP contribution in [0.2, 0.25) is 0 Å². The molecule has 1 N–H and O–H groups in total. The van der Waals surface area contributed by atoms with Gasteiger partial charge in [-0.05, 0) is 66.8 Å². The van der Waals surface area contributed by atoms with Crippen molar-refractivity contribution in [2.45, 2.75) is 25.7 Å². The first-order chi connectivity index (χ1) is 12.1. The number of amides is 2. The van der Waals surface area contributed by atoms with Crippen LogP contribution in [0.25, 0.3) is 0 Å². The lowest BCUT2D eigenvalue weighted by molar-refractivity contribution is -0.122. The summed E-state index contributed by atoms with van der Waals surface area (Å²) in [6.45, 7) is 0.321. The van der Waals surface area contributed by atoms with E-state index in [4.69, 9.17) is 0 Å². The normalized spacial score (nSPS) is 19.2. The van der Waals surface area contributed by atoms with Crippen LogP contribution in [0.15, 0.2) is 42.5 Å². The second-order valence-corrected chi connectivity index (χ2v) is 6.71. The minimum absolute atomic E-state index is 0.110. The molecule has 1 aliphatic heterocycles. The third-order valence-corrected chi connectivity index (χ3v) is 5.00. The van der Waals surface area contributed by atoms with Gasteiger partial charge in [-0.25, -0.2) is 4.39 Å². The molecule has 1 fully saturated rings. The number of rotatable bonds is 3. The molecule has 0 unspecified atom stereocenters. The van der Waals surface area contributed by atoms with Crippen molar-refractivity contribution in [3.05, 3.63) is 59.4 Å². The molecule has 4 rings (SSSR count). The van der Waals surface area contributed by atoms with Gasteiger partial charge in [0, 0.05) is 24.3 Å². The molecule has 2 amide bonds. The molecule has 25 heavy (non-hydrogen) atoms. The van der Waals surface area contributed by atoms with Gasteiger partial charge in [-0.3, -0.25) is 9.59 Å². The Bertz CT molecular complexity index is 832. The molecular formula is C20H19FN2O2. The quantitative estimate of drug-likeness (QED) is 0.933. The Morgan fingerprint density at radius 3 is 2.64 bits per heavy atom. The van der Waals surface area contributed by atoms with Gasteiger partial charge in [0.2, 0.25) is 11.8 Å². The molecule has 1 aliphatic carbocycles. The smallest absolute Gasteiger partial charge is 0.229 e. The number of aryl methyl sites for hydroxylation is 2. The summed E-state index contributed by atoms with van der Waals surface area (Å²) < 4.78 is 13.0. The zero-order chi connectivity index (χ0) is 17.4.